The van der Waals surface area contributed by atoms with Gasteiger partial charge in [-0.05, 0) is 62.1 Å². The molecule has 0 spiro atoms. The van der Waals surface area contributed by atoms with E-state index >= 15 is 0 Å². The first-order valence-corrected chi connectivity index (χ1v) is 10.6. The summed E-state index contributed by atoms with van der Waals surface area (Å²) < 4.78 is 23.3. The van der Waals surface area contributed by atoms with Gasteiger partial charge in [-0.15, -0.1) is 0 Å². The SMILES string of the molecule is CSCCCC(CNCC(C)C)C1CCS(=O)(=O)C1. The van der Waals surface area contributed by atoms with Gasteiger partial charge in [0, 0.05) is 0 Å². The highest BCUT2D eigenvalue weighted by atomic mass is 32.2. The van der Waals surface area contributed by atoms with Crippen LogP contribution >= 0.6 is 11.8 Å². The van der Waals surface area contributed by atoms with Gasteiger partial charge in [0.15, 0.2) is 9.84 Å². The van der Waals surface area contributed by atoms with E-state index in [1.807, 2.05) is 11.8 Å². The van der Waals surface area contributed by atoms with Crippen LogP contribution in [0.2, 0.25) is 0 Å². The molecule has 1 aliphatic heterocycles. The van der Waals surface area contributed by atoms with E-state index in [0.717, 1.165) is 25.9 Å². The lowest BCUT2D eigenvalue weighted by Crippen LogP contribution is -2.31. The van der Waals surface area contributed by atoms with Crippen LogP contribution in [0.25, 0.3) is 0 Å². The molecule has 19 heavy (non-hydrogen) atoms. The molecule has 1 aliphatic rings. The van der Waals surface area contributed by atoms with Crippen molar-refractivity contribution in [3.63, 3.8) is 0 Å². The van der Waals surface area contributed by atoms with E-state index in [4.69, 9.17) is 0 Å². The van der Waals surface area contributed by atoms with Crippen molar-refractivity contribution in [3.05, 3.63) is 0 Å². The zero-order valence-electron chi connectivity index (χ0n) is 12.5. The fourth-order valence-corrected chi connectivity index (χ4v) is 5.12. The number of sulfone groups is 1. The molecule has 0 saturated carbocycles. The van der Waals surface area contributed by atoms with Gasteiger partial charge in [0.05, 0.1) is 11.5 Å². The van der Waals surface area contributed by atoms with Crippen molar-refractivity contribution in [2.24, 2.45) is 17.8 Å². The molecule has 0 radical (unpaired) electrons. The summed E-state index contributed by atoms with van der Waals surface area (Å²) in [6, 6.07) is 0. The third kappa shape index (κ3) is 7.00. The minimum Gasteiger partial charge on any atom is -0.316 e. The highest BCUT2D eigenvalue weighted by molar-refractivity contribution is 7.98. The van der Waals surface area contributed by atoms with Crippen molar-refractivity contribution in [1.82, 2.24) is 5.32 Å². The van der Waals surface area contributed by atoms with Gasteiger partial charge < -0.3 is 5.32 Å². The van der Waals surface area contributed by atoms with Crippen LogP contribution in [0, 0.1) is 17.8 Å². The van der Waals surface area contributed by atoms with Crippen molar-refractivity contribution in [2.75, 3.05) is 36.6 Å². The van der Waals surface area contributed by atoms with Gasteiger partial charge in [0.1, 0.15) is 0 Å². The first-order valence-electron chi connectivity index (χ1n) is 7.34. The molecule has 1 saturated heterocycles. The Hall–Kier alpha value is 0.260. The summed E-state index contributed by atoms with van der Waals surface area (Å²) in [5.74, 6) is 3.57. The highest BCUT2D eigenvalue weighted by Crippen LogP contribution is 2.29. The second-order valence-corrected chi connectivity index (χ2v) is 9.32. The maximum absolute atomic E-state index is 11.6. The lowest BCUT2D eigenvalue weighted by molar-refractivity contribution is 0.318. The fourth-order valence-electron chi connectivity index (χ4n) is 2.75. The zero-order valence-corrected chi connectivity index (χ0v) is 14.2. The largest absolute Gasteiger partial charge is 0.316 e. The van der Waals surface area contributed by atoms with Gasteiger partial charge in [-0.25, -0.2) is 8.42 Å². The van der Waals surface area contributed by atoms with Crippen LogP contribution in [0.5, 0.6) is 0 Å². The summed E-state index contributed by atoms with van der Waals surface area (Å²) in [6.07, 6.45) is 5.36. The lowest BCUT2D eigenvalue weighted by Gasteiger charge is -2.23. The van der Waals surface area contributed by atoms with Gasteiger partial charge in [0.2, 0.25) is 0 Å². The zero-order chi connectivity index (χ0) is 14.3. The van der Waals surface area contributed by atoms with Crippen LogP contribution in [0.1, 0.15) is 33.1 Å². The van der Waals surface area contributed by atoms with Gasteiger partial charge >= 0.3 is 0 Å². The summed E-state index contributed by atoms with van der Waals surface area (Å²) in [4.78, 5) is 0. The van der Waals surface area contributed by atoms with Gasteiger partial charge in [0.25, 0.3) is 0 Å². The molecule has 1 N–H and O–H groups in total. The minimum atomic E-state index is -2.75. The van der Waals surface area contributed by atoms with Crippen molar-refractivity contribution < 1.29 is 8.42 Å². The molecule has 2 unspecified atom stereocenters. The van der Waals surface area contributed by atoms with Crippen molar-refractivity contribution in [1.29, 1.82) is 0 Å². The molecule has 1 fully saturated rings. The predicted octanol–water partition coefficient (Wildman–Crippen LogP) is 2.43. The third-order valence-corrected chi connectivity index (χ3v) is 6.31. The molecule has 0 amide bonds. The molecule has 114 valence electrons. The molecule has 3 nitrogen and oxygen atoms in total. The summed E-state index contributed by atoms with van der Waals surface area (Å²) in [6.45, 7) is 6.41. The van der Waals surface area contributed by atoms with Crippen LogP contribution in [0.4, 0.5) is 0 Å². The Morgan fingerprint density at radius 2 is 2.05 bits per heavy atom. The number of thioether (sulfide) groups is 1. The average Bonchev–Trinajstić information content (AvgIpc) is 2.67. The second-order valence-electron chi connectivity index (χ2n) is 6.11. The number of nitrogens with one attached hydrogen (secondary N) is 1. The summed E-state index contributed by atoms with van der Waals surface area (Å²) in [5.41, 5.74) is 0. The monoisotopic (exact) mass is 307 g/mol. The standard InChI is InChI=1S/C14H29NO2S2/c1-12(2)9-15-10-13(5-4-7-18-3)14-6-8-19(16,17)11-14/h12-15H,4-11H2,1-3H3. The van der Waals surface area contributed by atoms with E-state index in [1.165, 1.54) is 12.2 Å². The Morgan fingerprint density at radius 1 is 1.32 bits per heavy atom. The van der Waals surface area contributed by atoms with Crippen LogP contribution in [-0.2, 0) is 9.84 Å². The van der Waals surface area contributed by atoms with Crippen molar-refractivity contribution >= 4 is 21.6 Å². The summed E-state index contributed by atoms with van der Waals surface area (Å²) in [5, 5.41) is 3.51. The first-order chi connectivity index (χ1) is 8.94. The van der Waals surface area contributed by atoms with Gasteiger partial charge in [-0.1, -0.05) is 13.8 Å². The average molecular weight is 308 g/mol. The molecule has 0 bridgehead atoms. The second kappa shape index (κ2) is 8.53. The van der Waals surface area contributed by atoms with E-state index in [9.17, 15) is 8.42 Å². The Balaban J connectivity index is 2.44. The predicted molar refractivity (Wildman–Crippen MR) is 85.6 cm³/mol. The fraction of sp³-hybridized carbons (Fsp3) is 1.00. The molecule has 1 rings (SSSR count). The smallest absolute Gasteiger partial charge is 0.150 e. The molecule has 0 aromatic rings. The van der Waals surface area contributed by atoms with Gasteiger partial charge in [-0.3, -0.25) is 0 Å². The van der Waals surface area contributed by atoms with E-state index in [2.05, 4.69) is 25.4 Å². The van der Waals surface area contributed by atoms with E-state index < -0.39 is 9.84 Å². The summed E-state index contributed by atoms with van der Waals surface area (Å²) >= 11 is 1.88. The molecule has 5 heteroatoms. The van der Waals surface area contributed by atoms with Crippen molar-refractivity contribution in [2.45, 2.75) is 33.1 Å². The Kier molecular flexibility index (Phi) is 7.77. The first kappa shape index (κ1) is 17.3. The molecule has 1 heterocycles. The molecule has 2 atom stereocenters. The number of rotatable bonds is 9. The molecule has 0 aliphatic carbocycles. The van der Waals surface area contributed by atoms with E-state index in [0.29, 0.717) is 29.3 Å². The minimum absolute atomic E-state index is 0.381. The molecular weight excluding hydrogens is 278 g/mol. The number of hydrogen-bond acceptors (Lipinski definition) is 4. The van der Waals surface area contributed by atoms with Crippen LogP contribution in [0.3, 0.4) is 0 Å². The quantitative estimate of drug-likeness (QED) is 0.665. The Morgan fingerprint density at radius 3 is 2.58 bits per heavy atom. The van der Waals surface area contributed by atoms with E-state index in [-0.39, 0.29) is 0 Å². The van der Waals surface area contributed by atoms with Crippen LogP contribution < -0.4 is 5.32 Å². The van der Waals surface area contributed by atoms with Crippen LogP contribution in [0.15, 0.2) is 0 Å². The topological polar surface area (TPSA) is 46.2 Å². The van der Waals surface area contributed by atoms with E-state index in [1.54, 1.807) is 0 Å². The molecule has 0 aromatic heterocycles. The maximum atomic E-state index is 11.6. The Bertz CT molecular complexity index is 341. The maximum Gasteiger partial charge on any atom is 0.150 e. The number of hydrogen-bond donors (Lipinski definition) is 1. The lowest BCUT2D eigenvalue weighted by atomic mass is 9.88. The van der Waals surface area contributed by atoms with Gasteiger partial charge in [-0.2, -0.15) is 11.8 Å². The third-order valence-electron chi connectivity index (χ3n) is 3.82. The Labute approximate surface area is 123 Å². The summed E-state index contributed by atoms with van der Waals surface area (Å²) in [7, 11) is -2.75. The van der Waals surface area contributed by atoms with Crippen LogP contribution in [-0.4, -0.2) is 45.0 Å². The highest BCUT2D eigenvalue weighted by Gasteiger charge is 2.33. The normalized spacial score (nSPS) is 23.9. The van der Waals surface area contributed by atoms with Crippen molar-refractivity contribution in [3.8, 4) is 0 Å². The molecular formula is C14H29NO2S2. The molecule has 0 aromatic carbocycles.